The van der Waals surface area contributed by atoms with Gasteiger partial charge in [-0.05, 0) is 31.4 Å². The smallest absolute Gasteiger partial charge is 0.129 e. The van der Waals surface area contributed by atoms with Crippen LogP contribution in [0, 0.1) is 5.82 Å². The van der Waals surface area contributed by atoms with E-state index < -0.39 is 0 Å². The molecule has 0 amide bonds. The third-order valence-corrected chi connectivity index (χ3v) is 3.95. The second-order valence-corrected chi connectivity index (χ2v) is 4.83. The Balaban J connectivity index is 2.35. The minimum Gasteiger partial charge on any atom is -0.368 e. The molecule has 0 spiro atoms. The molecule has 1 nitrogen and oxygen atoms in total. The van der Waals surface area contributed by atoms with E-state index in [1.165, 1.54) is 18.9 Å². The monoisotopic (exact) mass is 285 g/mol. The number of hydrogen-bond donors (Lipinski definition) is 0. The molecule has 0 saturated carbocycles. The fraction of sp³-hybridized carbons (Fsp3) is 0.538. The molecule has 1 fully saturated rings. The van der Waals surface area contributed by atoms with E-state index in [9.17, 15) is 4.39 Å². The number of hydrogen-bond acceptors (Lipinski definition) is 1. The van der Waals surface area contributed by atoms with E-state index in [1.807, 2.05) is 12.1 Å². The summed E-state index contributed by atoms with van der Waals surface area (Å²) in [6, 6.07) is 5.96. The SMILES string of the molecule is CCC1CCCN1c1cccc(F)c1CBr. The van der Waals surface area contributed by atoms with E-state index in [-0.39, 0.29) is 5.82 Å². The highest BCUT2D eigenvalue weighted by molar-refractivity contribution is 9.08. The fourth-order valence-corrected chi connectivity index (χ4v) is 3.08. The first-order valence-electron chi connectivity index (χ1n) is 5.88. The van der Waals surface area contributed by atoms with Crippen molar-refractivity contribution >= 4 is 21.6 Å². The number of rotatable bonds is 3. The number of halogens is 2. The predicted molar refractivity (Wildman–Crippen MR) is 69.7 cm³/mol. The summed E-state index contributed by atoms with van der Waals surface area (Å²) < 4.78 is 13.7. The number of nitrogens with zero attached hydrogens (tertiary/aromatic N) is 1. The molecule has 1 aliphatic heterocycles. The molecule has 0 radical (unpaired) electrons. The average Bonchev–Trinajstić information content (AvgIpc) is 2.76. The molecule has 0 bridgehead atoms. The van der Waals surface area contributed by atoms with Gasteiger partial charge in [-0.1, -0.05) is 28.9 Å². The van der Waals surface area contributed by atoms with Gasteiger partial charge in [0.2, 0.25) is 0 Å². The van der Waals surface area contributed by atoms with Gasteiger partial charge in [0.15, 0.2) is 0 Å². The van der Waals surface area contributed by atoms with Gasteiger partial charge in [-0.3, -0.25) is 0 Å². The summed E-state index contributed by atoms with van der Waals surface area (Å²) in [6.07, 6.45) is 3.59. The average molecular weight is 286 g/mol. The van der Waals surface area contributed by atoms with Crippen LogP contribution in [0.3, 0.4) is 0 Å². The Hall–Kier alpha value is -0.570. The summed E-state index contributed by atoms with van der Waals surface area (Å²) in [4.78, 5) is 2.36. The quantitative estimate of drug-likeness (QED) is 0.756. The van der Waals surface area contributed by atoms with Crippen molar-refractivity contribution in [1.82, 2.24) is 0 Å². The molecule has 2 rings (SSSR count). The van der Waals surface area contributed by atoms with Crippen LogP contribution in [-0.4, -0.2) is 12.6 Å². The van der Waals surface area contributed by atoms with Gasteiger partial charge >= 0.3 is 0 Å². The number of anilines is 1. The van der Waals surface area contributed by atoms with Gasteiger partial charge in [-0.15, -0.1) is 0 Å². The third kappa shape index (κ3) is 2.10. The maximum Gasteiger partial charge on any atom is 0.129 e. The summed E-state index contributed by atoms with van der Waals surface area (Å²) in [5.74, 6) is -0.101. The molecule has 1 heterocycles. The zero-order valence-corrected chi connectivity index (χ0v) is 11.1. The lowest BCUT2D eigenvalue weighted by atomic mass is 10.1. The van der Waals surface area contributed by atoms with Crippen LogP contribution in [0.4, 0.5) is 10.1 Å². The lowest BCUT2D eigenvalue weighted by Gasteiger charge is -2.28. The van der Waals surface area contributed by atoms with Crippen molar-refractivity contribution in [2.45, 2.75) is 37.6 Å². The lowest BCUT2D eigenvalue weighted by molar-refractivity contribution is 0.609. The van der Waals surface area contributed by atoms with Crippen molar-refractivity contribution in [2.75, 3.05) is 11.4 Å². The predicted octanol–water partition coefficient (Wildman–Crippen LogP) is 4.10. The second-order valence-electron chi connectivity index (χ2n) is 4.27. The van der Waals surface area contributed by atoms with Crippen LogP contribution < -0.4 is 4.90 Å². The molecular formula is C13H17BrFN. The van der Waals surface area contributed by atoms with Crippen LogP contribution in [-0.2, 0) is 5.33 Å². The molecule has 88 valence electrons. The zero-order valence-electron chi connectivity index (χ0n) is 9.55. The standard InChI is InChI=1S/C13H17BrFN/c1-2-10-5-4-8-16(10)13-7-3-6-12(15)11(13)9-14/h3,6-7,10H,2,4-5,8-9H2,1H3. The minimum atomic E-state index is -0.101. The summed E-state index contributed by atoms with van der Waals surface area (Å²) in [7, 11) is 0. The second kappa shape index (κ2) is 5.17. The molecule has 1 aromatic carbocycles. The van der Waals surface area contributed by atoms with Gasteiger partial charge in [0.05, 0.1) is 0 Å². The Kier molecular flexibility index (Phi) is 3.85. The fourth-order valence-electron chi connectivity index (χ4n) is 2.53. The van der Waals surface area contributed by atoms with Crippen molar-refractivity contribution in [1.29, 1.82) is 0 Å². The highest BCUT2D eigenvalue weighted by Gasteiger charge is 2.25. The third-order valence-electron chi connectivity index (χ3n) is 3.39. The Bertz CT molecular complexity index is 367. The first-order chi connectivity index (χ1) is 7.77. The van der Waals surface area contributed by atoms with E-state index in [2.05, 4.69) is 27.8 Å². The molecular weight excluding hydrogens is 269 g/mol. The lowest BCUT2D eigenvalue weighted by Crippen LogP contribution is -2.29. The molecule has 1 unspecified atom stereocenters. The van der Waals surface area contributed by atoms with Crippen molar-refractivity contribution in [3.05, 3.63) is 29.6 Å². The van der Waals surface area contributed by atoms with E-state index in [0.29, 0.717) is 11.4 Å². The van der Waals surface area contributed by atoms with Gasteiger partial charge in [0.1, 0.15) is 5.82 Å². The molecule has 0 aromatic heterocycles. The van der Waals surface area contributed by atoms with Crippen LogP contribution in [0.15, 0.2) is 18.2 Å². The summed E-state index contributed by atoms with van der Waals surface area (Å²) in [6.45, 7) is 3.26. The van der Waals surface area contributed by atoms with Crippen molar-refractivity contribution in [2.24, 2.45) is 0 Å². The molecule has 1 aromatic rings. The van der Waals surface area contributed by atoms with Gasteiger partial charge in [-0.25, -0.2) is 4.39 Å². The van der Waals surface area contributed by atoms with E-state index in [1.54, 1.807) is 0 Å². The van der Waals surface area contributed by atoms with Gasteiger partial charge in [0, 0.05) is 29.2 Å². The Morgan fingerprint density at radius 3 is 3.00 bits per heavy atom. The van der Waals surface area contributed by atoms with Gasteiger partial charge < -0.3 is 4.90 Å². The summed E-state index contributed by atoms with van der Waals surface area (Å²) in [5, 5.41) is 0.585. The molecule has 1 aliphatic rings. The van der Waals surface area contributed by atoms with Gasteiger partial charge in [-0.2, -0.15) is 0 Å². The topological polar surface area (TPSA) is 3.24 Å². The molecule has 0 aliphatic carbocycles. The maximum atomic E-state index is 13.7. The molecule has 16 heavy (non-hydrogen) atoms. The molecule has 0 N–H and O–H groups in total. The van der Waals surface area contributed by atoms with Crippen molar-refractivity contribution in [3.63, 3.8) is 0 Å². The van der Waals surface area contributed by atoms with Crippen LogP contribution in [0.25, 0.3) is 0 Å². The highest BCUT2D eigenvalue weighted by atomic mass is 79.9. The first kappa shape index (κ1) is 11.9. The van der Waals surface area contributed by atoms with Crippen LogP contribution in [0.2, 0.25) is 0 Å². The van der Waals surface area contributed by atoms with Crippen LogP contribution in [0.5, 0.6) is 0 Å². The van der Waals surface area contributed by atoms with Crippen molar-refractivity contribution in [3.8, 4) is 0 Å². The minimum absolute atomic E-state index is 0.101. The van der Waals surface area contributed by atoms with Crippen LogP contribution >= 0.6 is 15.9 Å². The Labute approximate surface area is 105 Å². The van der Waals surface area contributed by atoms with E-state index in [4.69, 9.17) is 0 Å². The molecule has 3 heteroatoms. The molecule has 1 atom stereocenters. The Morgan fingerprint density at radius 2 is 2.31 bits per heavy atom. The summed E-state index contributed by atoms with van der Waals surface area (Å²) >= 11 is 3.38. The Morgan fingerprint density at radius 1 is 1.50 bits per heavy atom. The number of alkyl halides is 1. The largest absolute Gasteiger partial charge is 0.368 e. The molecule has 1 saturated heterocycles. The van der Waals surface area contributed by atoms with Crippen molar-refractivity contribution < 1.29 is 4.39 Å². The maximum absolute atomic E-state index is 13.7. The zero-order chi connectivity index (χ0) is 11.5. The normalized spacial score (nSPS) is 20.4. The number of benzene rings is 1. The van der Waals surface area contributed by atoms with Gasteiger partial charge in [0.25, 0.3) is 0 Å². The van der Waals surface area contributed by atoms with E-state index >= 15 is 0 Å². The van der Waals surface area contributed by atoms with Crippen LogP contribution in [0.1, 0.15) is 31.7 Å². The first-order valence-corrected chi connectivity index (χ1v) is 7.00. The highest BCUT2D eigenvalue weighted by Crippen LogP contribution is 2.32. The summed E-state index contributed by atoms with van der Waals surface area (Å²) in [5.41, 5.74) is 1.86. The van der Waals surface area contributed by atoms with E-state index in [0.717, 1.165) is 24.2 Å².